The highest BCUT2D eigenvalue weighted by molar-refractivity contribution is 5.76. The first kappa shape index (κ1) is 16.2. The van der Waals surface area contributed by atoms with Crippen LogP contribution in [0.3, 0.4) is 0 Å². The normalized spacial score (nSPS) is 12.6. The minimum atomic E-state index is 0.0822. The van der Waals surface area contributed by atoms with Crippen LogP contribution in [0.5, 0.6) is 0 Å². The second kappa shape index (κ2) is 6.56. The van der Waals surface area contributed by atoms with Crippen LogP contribution in [0, 0.1) is 16.7 Å². The highest BCUT2D eigenvalue weighted by Gasteiger charge is 2.26. The molecule has 0 N–H and O–H groups in total. The first-order valence-electron chi connectivity index (χ1n) is 7.00. The highest BCUT2D eigenvalue weighted by Crippen LogP contribution is 2.23. The first-order valence-corrected chi connectivity index (χ1v) is 7.00. The average molecular weight is 272 g/mol. The molecule has 1 aromatic rings. The molecule has 0 aliphatic heterocycles. The lowest BCUT2D eigenvalue weighted by atomic mass is 9.87. The van der Waals surface area contributed by atoms with E-state index in [4.69, 9.17) is 5.26 Å². The molecule has 1 rings (SSSR count). The van der Waals surface area contributed by atoms with Crippen LogP contribution in [-0.4, -0.2) is 23.9 Å². The Hall–Kier alpha value is -1.82. The number of benzene rings is 1. The van der Waals surface area contributed by atoms with Gasteiger partial charge >= 0.3 is 0 Å². The van der Waals surface area contributed by atoms with Crippen LogP contribution in [0.2, 0.25) is 0 Å². The van der Waals surface area contributed by atoms with E-state index >= 15 is 0 Å². The fourth-order valence-corrected chi connectivity index (χ4v) is 1.97. The molecule has 0 radical (unpaired) electrons. The summed E-state index contributed by atoms with van der Waals surface area (Å²) in [5, 5.41) is 8.75. The van der Waals surface area contributed by atoms with Gasteiger partial charge in [-0.15, -0.1) is 0 Å². The molecule has 108 valence electrons. The van der Waals surface area contributed by atoms with Crippen molar-refractivity contribution in [3.05, 3.63) is 35.4 Å². The zero-order chi connectivity index (χ0) is 15.3. The van der Waals surface area contributed by atoms with E-state index in [1.807, 2.05) is 24.1 Å². The summed E-state index contributed by atoms with van der Waals surface area (Å²) in [6, 6.07) is 9.72. The van der Waals surface area contributed by atoms with Crippen LogP contribution < -0.4 is 0 Å². The molecule has 0 fully saturated rings. The number of carbonyl (C=O) groups excluding carboxylic acids is 1. The van der Waals surface area contributed by atoms with Crippen molar-refractivity contribution in [2.75, 3.05) is 7.05 Å². The molecular formula is C17H24N2O. The van der Waals surface area contributed by atoms with Gasteiger partial charge in [0, 0.05) is 19.5 Å². The van der Waals surface area contributed by atoms with Gasteiger partial charge in [0.1, 0.15) is 0 Å². The van der Waals surface area contributed by atoms with E-state index in [2.05, 4.69) is 33.8 Å². The Labute approximate surface area is 122 Å². The van der Waals surface area contributed by atoms with Crippen molar-refractivity contribution in [2.24, 2.45) is 5.41 Å². The summed E-state index contributed by atoms with van der Waals surface area (Å²) in [6.45, 7) is 8.51. The Bertz CT molecular complexity index is 491. The quantitative estimate of drug-likeness (QED) is 0.843. The van der Waals surface area contributed by atoms with Crippen LogP contribution >= 0.6 is 0 Å². The van der Waals surface area contributed by atoms with E-state index in [1.165, 1.54) is 0 Å². The highest BCUT2D eigenvalue weighted by atomic mass is 16.2. The summed E-state index contributed by atoms with van der Waals surface area (Å²) < 4.78 is 0. The van der Waals surface area contributed by atoms with Crippen LogP contribution in [-0.2, 0) is 11.2 Å². The fourth-order valence-electron chi connectivity index (χ4n) is 1.97. The third-order valence-corrected chi connectivity index (χ3v) is 3.94. The summed E-state index contributed by atoms with van der Waals surface area (Å²) >= 11 is 0. The third kappa shape index (κ3) is 4.38. The lowest BCUT2D eigenvalue weighted by Gasteiger charge is -2.35. The largest absolute Gasteiger partial charge is 0.343 e. The summed E-state index contributed by atoms with van der Waals surface area (Å²) in [5.41, 5.74) is 1.83. The van der Waals surface area contributed by atoms with E-state index in [1.54, 1.807) is 12.1 Å². The van der Waals surface area contributed by atoms with Crippen LogP contribution in [0.4, 0.5) is 0 Å². The van der Waals surface area contributed by atoms with Crippen molar-refractivity contribution in [3.63, 3.8) is 0 Å². The lowest BCUT2D eigenvalue weighted by molar-refractivity contribution is -0.133. The lowest BCUT2D eigenvalue weighted by Crippen LogP contribution is -2.43. The Morgan fingerprint density at radius 2 is 1.85 bits per heavy atom. The molecular weight excluding hydrogens is 248 g/mol. The van der Waals surface area contributed by atoms with Gasteiger partial charge in [-0.2, -0.15) is 5.26 Å². The smallest absolute Gasteiger partial charge is 0.222 e. The zero-order valence-electron chi connectivity index (χ0n) is 13.1. The molecule has 1 atom stereocenters. The minimum Gasteiger partial charge on any atom is -0.343 e. The molecule has 0 bridgehead atoms. The predicted molar refractivity (Wildman–Crippen MR) is 81.2 cm³/mol. The van der Waals surface area contributed by atoms with Crippen molar-refractivity contribution >= 4 is 5.91 Å². The third-order valence-electron chi connectivity index (χ3n) is 3.94. The molecule has 0 aromatic heterocycles. The molecule has 20 heavy (non-hydrogen) atoms. The molecule has 0 saturated heterocycles. The molecule has 0 aliphatic carbocycles. The van der Waals surface area contributed by atoms with Gasteiger partial charge in [0.25, 0.3) is 0 Å². The predicted octanol–water partition coefficient (Wildman–Crippen LogP) is 3.38. The van der Waals surface area contributed by atoms with Crippen LogP contribution in [0.1, 0.15) is 45.2 Å². The Morgan fingerprint density at radius 1 is 1.30 bits per heavy atom. The standard InChI is InChI=1S/C17H24N2O/c1-13(17(2,3)4)19(5)16(20)11-10-14-6-8-15(12-18)9-7-14/h6-9,13H,10-11H2,1-5H3/t13-/m0/s1. The topological polar surface area (TPSA) is 44.1 Å². The monoisotopic (exact) mass is 272 g/mol. The van der Waals surface area contributed by atoms with E-state index < -0.39 is 0 Å². The van der Waals surface area contributed by atoms with E-state index in [-0.39, 0.29) is 17.4 Å². The Kier molecular flexibility index (Phi) is 5.33. The molecule has 3 nitrogen and oxygen atoms in total. The SMILES string of the molecule is C[C@H](N(C)C(=O)CCc1ccc(C#N)cc1)C(C)(C)C. The summed E-state index contributed by atoms with van der Waals surface area (Å²) in [5.74, 6) is 0.164. The maximum atomic E-state index is 12.2. The van der Waals surface area contributed by atoms with E-state index in [0.29, 0.717) is 18.4 Å². The summed E-state index contributed by atoms with van der Waals surface area (Å²) in [6.07, 6.45) is 1.22. The maximum absolute atomic E-state index is 12.2. The van der Waals surface area contributed by atoms with Crippen molar-refractivity contribution in [1.29, 1.82) is 5.26 Å². The number of nitriles is 1. The van der Waals surface area contributed by atoms with Gasteiger partial charge < -0.3 is 4.90 Å². The molecule has 3 heteroatoms. The van der Waals surface area contributed by atoms with Gasteiger partial charge in [-0.3, -0.25) is 4.79 Å². The van der Waals surface area contributed by atoms with Gasteiger partial charge in [0.05, 0.1) is 11.6 Å². The number of aryl methyl sites for hydroxylation is 1. The first-order chi connectivity index (χ1) is 9.25. The number of rotatable bonds is 4. The van der Waals surface area contributed by atoms with Crippen molar-refractivity contribution < 1.29 is 4.79 Å². The van der Waals surface area contributed by atoms with Gasteiger partial charge in [-0.1, -0.05) is 32.9 Å². The molecule has 0 unspecified atom stereocenters. The van der Waals surface area contributed by atoms with Crippen molar-refractivity contribution in [2.45, 2.75) is 46.6 Å². The number of nitrogens with zero attached hydrogens (tertiary/aromatic N) is 2. The van der Waals surface area contributed by atoms with E-state index in [9.17, 15) is 4.79 Å². The molecule has 0 heterocycles. The molecule has 0 spiro atoms. The van der Waals surface area contributed by atoms with Gasteiger partial charge in [0.2, 0.25) is 5.91 Å². The Morgan fingerprint density at radius 3 is 2.30 bits per heavy atom. The maximum Gasteiger partial charge on any atom is 0.222 e. The van der Waals surface area contributed by atoms with Crippen molar-refractivity contribution in [1.82, 2.24) is 4.90 Å². The van der Waals surface area contributed by atoms with Crippen molar-refractivity contribution in [3.8, 4) is 6.07 Å². The number of carbonyl (C=O) groups is 1. The van der Waals surface area contributed by atoms with Gasteiger partial charge in [0.15, 0.2) is 0 Å². The minimum absolute atomic E-state index is 0.0822. The van der Waals surface area contributed by atoms with E-state index in [0.717, 1.165) is 5.56 Å². The summed E-state index contributed by atoms with van der Waals surface area (Å²) in [7, 11) is 1.87. The number of hydrogen-bond acceptors (Lipinski definition) is 2. The molecule has 1 amide bonds. The molecule has 1 aromatic carbocycles. The average Bonchev–Trinajstić information content (AvgIpc) is 2.42. The van der Waals surface area contributed by atoms with Gasteiger partial charge in [-0.25, -0.2) is 0 Å². The zero-order valence-corrected chi connectivity index (χ0v) is 13.1. The Balaban J connectivity index is 2.56. The fraction of sp³-hybridized carbons (Fsp3) is 0.529. The van der Waals surface area contributed by atoms with Gasteiger partial charge in [-0.05, 0) is 36.5 Å². The molecule has 0 saturated carbocycles. The number of amides is 1. The second-order valence-corrected chi connectivity index (χ2v) is 6.36. The molecule has 0 aliphatic rings. The number of hydrogen-bond donors (Lipinski definition) is 0. The second-order valence-electron chi connectivity index (χ2n) is 6.36. The van der Waals surface area contributed by atoms with Crippen LogP contribution in [0.15, 0.2) is 24.3 Å². The summed E-state index contributed by atoms with van der Waals surface area (Å²) in [4.78, 5) is 14.0. The van der Waals surface area contributed by atoms with Crippen LogP contribution in [0.25, 0.3) is 0 Å².